The molecule has 2 aliphatic rings. The van der Waals surface area contributed by atoms with Crippen molar-refractivity contribution >= 4 is 44.5 Å². The number of aromatic nitrogens is 2. The molecule has 118 valence electrons. The SMILES string of the molecule is O=C(O)C1=CC[C@@H]2C(=Cc3ccc4c(c3)sc3nccn34)C(=O)N12. The van der Waals surface area contributed by atoms with Gasteiger partial charge in [0.25, 0.3) is 5.91 Å². The number of rotatable bonds is 2. The summed E-state index contributed by atoms with van der Waals surface area (Å²) in [6, 6.07) is 5.89. The number of nitrogens with zero attached hydrogens (tertiary/aromatic N) is 3. The Bertz CT molecular complexity index is 1100. The van der Waals surface area contributed by atoms with E-state index in [9.17, 15) is 9.59 Å². The Morgan fingerprint density at radius 2 is 2.29 bits per heavy atom. The lowest BCUT2D eigenvalue weighted by Gasteiger charge is -2.38. The minimum atomic E-state index is -1.05. The van der Waals surface area contributed by atoms with Crippen LogP contribution >= 0.6 is 11.3 Å². The van der Waals surface area contributed by atoms with Gasteiger partial charge in [0.2, 0.25) is 0 Å². The first-order valence-electron chi connectivity index (χ1n) is 7.48. The molecular formula is C17H11N3O3S. The van der Waals surface area contributed by atoms with Crippen molar-refractivity contribution in [2.24, 2.45) is 0 Å². The van der Waals surface area contributed by atoms with Crippen LogP contribution in [-0.4, -0.2) is 37.3 Å². The van der Waals surface area contributed by atoms with Crippen molar-refractivity contribution in [2.45, 2.75) is 12.5 Å². The summed E-state index contributed by atoms with van der Waals surface area (Å²) in [6.45, 7) is 0. The van der Waals surface area contributed by atoms with Crippen LogP contribution in [0.2, 0.25) is 0 Å². The fourth-order valence-corrected chi connectivity index (χ4v) is 4.44. The molecular weight excluding hydrogens is 326 g/mol. The van der Waals surface area contributed by atoms with Crippen molar-refractivity contribution < 1.29 is 14.7 Å². The van der Waals surface area contributed by atoms with Gasteiger partial charge in [0.15, 0.2) is 4.96 Å². The molecule has 4 heterocycles. The zero-order valence-electron chi connectivity index (χ0n) is 12.3. The molecule has 0 bridgehead atoms. The molecule has 2 aliphatic heterocycles. The number of imidazole rings is 1. The number of carboxylic acid groups (broad SMARTS) is 1. The molecule has 1 aromatic carbocycles. The van der Waals surface area contributed by atoms with Gasteiger partial charge in [-0.3, -0.25) is 14.1 Å². The molecule has 3 aromatic rings. The Kier molecular flexibility index (Phi) is 2.56. The second-order valence-electron chi connectivity index (χ2n) is 5.83. The van der Waals surface area contributed by atoms with E-state index in [1.165, 1.54) is 4.90 Å². The van der Waals surface area contributed by atoms with Gasteiger partial charge in [-0.2, -0.15) is 0 Å². The van der Waals surface area contributed by atoms with Gasteiger partial charge in [0.05, 0.1) is 16.3 Å². The van der Waals surface area contributed by atoms with Crippen molar-refractivity contribution in [3.63, 3.8) is 0 Å². The second kappa shape index (κ2) is 4.55. The maximum atomic E-state index is 12.3. The van der Waals surface area contributed by atoms with Crippen LogP contribution in [0.4, 0.5) is 0 Å². The molecule has 2 aromatic heterocycles. The second-order valence-corrected chi connectivity index (χ2v) is 6.84. The predicted octanol–water partition coefficient (Wildman–Crippen LogP) is 2.52. The van der Waals surface area contributed by atoms with Gasteiger partial charge >= 0.3 is 5.97 Å². The molecule has 0 unspecified atom stereocenters. The number of aliphatic carboxylic acids is 1. The molecule has 0 aliphatic carbocycles. The number of hydrogen-bond acceptors (Lipinski definition) is 4. The lowest BCUT2D eigenvalue weighted by atomic mass is 9.92. The number of carbonyl (C=O) groups excluding carboxylic acids is 1. The Morgan fingerprint density at radius 1 is 1.42 bits per heavy atom. The van der Waals surface area contributed by atoms with Crippen molar-refractivity contribution in [1.29, 1.82) is 0 Å². The number of fused-ring (bicyclic) bond motifs is 4. The third-order valence-corrected chi connectivity index (χ3v) is 5.55. The van der Waals surface area contributed by atoms with Crippen molar-refractivity contribution in [3.05, 3.63) is 53.5 Å². The van der Waals surface area contributed by atoms with Crippen molar-refractivity contribution in [3.8, 4) is 0 Å². The minimum absolute atomic E-state index is 0.0945. The predicted molar refractivity (Wildman–Crippen MR) is 89.5 cm³/mol. The topological polar surface area (TPSA) is 74.9 Å². The van der Waals surface area contributed by atoms with E-state index in [0.29, 0.717) is 12.0 Å². The number of thiazole rings is 1. The van der Waals surface area contributed by atoms with Crippen LogP contribution in [-0.2, 0) is 9.59 Å². The average Bonchev–Trinajstić information content (AvgIpc) is 3.24. The van der Waals surface area contributed by atoms with Crippen molar-refractivity contribution in [2.75, 3.05) is 0 Å². The Balaban J connectivity index is 1.52. The molecule has 1 amide bonds. The zero-order valence-corrected chi connectivity index (χ0v) is 13.2. The first-order valence-corrected chi connectivity index (χ1v) is 8.29. The van der Waals surface area contributed by atoms with Gasteiger partial charge in [0.1, 0.15) is 5.70 Å². The van der Waals surface area contributed by atoms with Gasteiger partial charge in [-0.25, -0.2) is 9.78 Å². The number of carboxylic acids is 1. The highest BCUT2D eigenvalue weighted by Gasteiger charge is 2.48. The molecule has 1 N–H and O–H groups in total. The number of carbonyl (C=O) groups is 2. The van der Waals surface area contributed by atoms with Crippen LogP contribution in [0, 0.1) is 0 Å². The maximum Gasteiger partial charge on any atom is 0.352 e. The molecule has 0 radical (unpaired) electrons. The standard InChI is InChI=1S/C17H11N3O3S/c21-15-10(11-3-4-13(16(22)23)20(11)15)7-9-1-2-12-14(8-9)24-17-18-5-6-19(12)17/h1-2,4-8,11H,3H2,(H,22,23)/t11-/m1/s1. The van der Waals surface area contributed by atoms with E-state index in [-0.39, 0.29) is 17.6 Å². The third-order valence-electron chi connectivity index (χ3n) is 4.52. The molecule has 7 heteroatoms. The molecule has 1 saturated heterocycles. The summed E-state index contributed by atoms with van der Waals surface area (Å²) in [6.07, 6.45) is 7.74. The fourth-order valence-electron chi connectivity index (χ4n) is 3.40. The van der Waals surface area contributed by atoms with Crippen LogP contribution in [0.15, 0.2) is 47.9 Å². The highest BCUT2D eigenvalue weighted by molar-refractivity contribution is 7.23. The highest BCUT2D eigenvalue weighted by Crippen LogP contribution is 2.39. The first kappa shape index (κ1) is 13.5. The molecule has 24 heavy (non-hydrogen) atoms. The van der Waals surface area contributed by atoms with E-state index in [1.54, 1.807) is 23.6 Å². The number of amides is 1. The van der Waals surface area contributed by atoms with Crippen LogP contribution < -0.4 is 0 Å². The van der Waals surface area contributed by atoms with Crippen LogP contribution in [0.25, 0.3) is 21.3 Å². The molecule has 1 atom stereocenters. The summed E-state index contributed by atoms with van der Waals surface area (Å²) in [7, 11) is 0. The van der Waals surface area contributed by atoms with E-state index in [0.717, 1.165) is 20.7 Å². The van der Waals surface area contributed by atoms with Crippen LogP contribution in [0.5, 0.6) is 0 Å². The Labute approximate surface area is 139 Å². The quantitative estimate of drug-likeness (QED) is 0.576. The summed E-state index contributed by atoms with van der Waals surface area (Å²) in [5.41, 5.74) is 2.80. The highest BCUT2D eigenvalue weighted by atomic mass is 32.1. The smallest absolute Gasteiger partial charge is 0.352 e. The molecule has 6 nitrogen and oxygen atoms in total. The van der Waals surface area contributed by atoms with E-state index >= 15 is 0 Å². The summed E-state index contributed by atoms with van der Waals surface area (Å²) in [4.78, 5) is 30.0. The summed E-state index contributed by atoms with van der Waals surface area (Å²) in [5.74, 6) is -1.26. The van der Waals surface area contributed by atoms with Gasteiger partial charge in [-0.1, -0.05) is 23.5 Å². The third kappa shape index (κ3) is 1.67. The van der Waals surface area contributed by atoms with Crippen LogP contribution in [0.3, 0.4) is 0 Å². The number of benzene rings is 1. The lowest BCUT2D eigenvalue weighted by molar-refractivity contribution is -0.142. The number of β-lactam (4-membered cyclic amide) rings is 1. The lowest BCUT2D eigenvalue weighted by Crippen LogP contribution is -2.52. The average molecular weight is 337 g/mol. The normalized spacial score (nSPS) is 21.4. The minimum Gasteiger partial charge on any atom is -0.477 e. The van der Waals surface area contributed by atoms with E-state index in [2.05, 4.69) is 4.98 Å². The van der Waals surface area contributed by atoms with Crippen molar-refractivity contribution in [1.82, 2.24) is 14.3 Å². The monoisotopic (exact) mass is 337 g/mol. The molecule has 0 saturated carbocycles. The summed E-state index contributed by atoms with van der Waals surface area (Å²) in [5, 5.41) is 9.11. The molecule has 0 spiro atoms. The fraction of sp³-hybridized carbons (Fsp3) is 0.118. The summed E-state index contributed by atoms with van der Waals surface area (Å²) >= 11 is 1.60. The van der Waals surface area contributed by atoms with Crippen LogP contribution in [0.1, 0.15) is 12.0 Å². The molecule has 1 fully saturated rings. The van der Waals surface area contributed by atoms with Gasteiger partial charge in [-0.05, 0) is 30.2 Å². The first-order chi connectivity index (χ1) is 11.6. The van der Waals surface area contributed by atoms with Gasteiger partial charge < -0.3 is 5.11 Å². The van der Waals surface area contributed by atoms with E-state index in [4.69, 9.17) is 5.11 Å². The Hall–Kier alpha value is -2.93. The molecule has 5 rings (SSSR count). The number of hydrogen-bond donors (Lipinski definition) is 1. The maximum absolute atomic E-state index is 12.3. The van der Waals surface area contributed by atoms with E-state index < -0.39 is 5.97 Å². The zero-order chi connectivity index (χ0) is 16.4. The Morgan fingerprint density at radius 3 is 3.12 bits per heavy atom. The largest absolute Gasteiger partial charge is 0.477 e. The van der Waals surface area contributed by atoms with Gasteiger partial charge in [-0.15, -0.1) is 0 Å². The summed E-state index contributed by atoms with van der Waals surface area (Å²) < 4.78 is 3.14. The van der Waals surface area contributed by atoms with E-state index in [1.807, 2.05) is 34.9 Å². The van der Waals surface area contributed by atoms with Gasteiger partial charge in [0, 0.05) is 18.0 Å².